The summed E-state index contributed by atoms with van der Waals surface area (Å²) in [5.41, 5.74) is 0.454. The molecule has 0 aliphatic carbocycles. The molecule has 3 aromatic rings. The van der Waals surface area contributed by atoms with Crippen LogP contribution in [0.3, 0.4) is 0 Å². The van der Waals surface area contributed by atoms with Crippen LogP contribution in [0.25, 0.3) is 16.6 Å². The molecule has 2 heterocycles. The number of nitrogens with one attached hydrogen (secondary N) is 1. The van der Waals surface area contributed by atoms with Crippen LogP contribution in [0.2, 0.25) is 10.2 Å². The van der Waals surface area contributed by atoms with Crippen molar-refractivity contribution < 1.29 is 0 Å². The maximum Gasteiger partial charge on any atom is 0.292 e. The number of halogens is 2. The zero-order valence-electron chi connectivity index (χ0n) is 8.89. The lowest BCUT2D eigenvalue weighted by molar-refractivity contribution is 0.892. The minimum absolute atomic E-state index is 0.231. The van der Waals surface area contributed by atoms with Crippen molar-refractivity contribution in [1.29, 1.82) is 0 Å². The molecule has 1 aromatic carbocycles. The smallest absolute Gasteiger partial charge is 0.265 e. The molecule has 0 radical (unpaired) electrons. The first kappa shape index (κ1) is 11.3. The van der Waals surface area contributed by atoms with Gasteiger partial charge in [-0.2, -0.15) is 10.2 Å². The SMILES string of the molecule is O=c1[nH]ncc2c(Cl)n(-c3ccccc3Cl)nc12. The highest BCUT2D eigenvalue weighted by molar-refractivity contribution is 6.35. The molecule has 0 aliphatic rings. The molecule has 0 fully saturated rings. The summed E-state index contributed by atoms with van der Waals surface area (Å²) < 4.78 is 1.42. The molecule has 0 aliphatic heterocycles. The molecule has 3 rings (SSSR count). The van der Waals surface area contributed by atoms with Gasteiger partial charge in [-0.15, -0.1) is 0 Å². The van der Waals surface area contributed by atoms with Gasteiger partial charge in [0.1, 0.15) is 5.15 Å². The lowest BCUT2D eigenvalue weighted by atomic mass is 10.3. The maximum atomic E-state index is 11.6. The van der Waals surface area contributed by atoms with Crippen LogP contribution in [-0.2, 0) is 0 Å². The lowest BCUT2D eigenvalue weighted by Gasteiger charge is -2.04. The second-order valence-electron chi connectivity index (χ2n) is 3.62. The van der Waals surface area contributed by atoms with Crippen molar-refractivity contribution >= 4 is 34.1 Å². The van der Waals surface area contributed by atoms with Crippen molar-refractivity contribution in [2.75, 3.05) is 0 Å². The summed E-state index contributed by atoms with van der Waals surface area (Å²) in [6.45, 7) is 0. The van der Waals surface area contributed by atoms with Gasteiger partial charge in [-0.05, 0) is 12.1 Å². The van der Waals surface area contributed by atoms with Gasteiger partial charge in [-0.1, -0.05) is 35.3 Å². The summed E-state index contributed by atoms with van der Waals surface area (Å²) in [7, 11) is 0. The number of benzene rings is 1. The Hall–Kier alpha value is -1.85. The second kappa shape index (κ2) is 4.12. The molecular formula is C11H6Cl2N4O. The van der Waals surface area contributed by atoms with Gasteiger partial charge in [-0.3, -0.25) is 4.79 Å². The summed E-state index contributed by atoms with van der Waals surface area (Å²) in [5.74, 6) is 0. The van der Waals surface area contributed by atoms with E-state index >= 15 is 0 Å². The van der Waals surface area contributed by atoms with Gasteiger partial charge in [0.15, 0.2) is 5.52 Å². The highest BCUT2D eigenvalue weighted by Crippen LogP contribution is 2.27. The number of para-hydroxylation sites is 1. The molecule has 18 heavy (non-hydrogen) atoms. The van der Waals surface area contributed by atoms with Crippen LogP contribution in [0.4, 0.5) is 0 Å². The molecule has 0 spiro atoms. The molecule has 0 amide bonds. The molecular weight excluding hydrogens is 275 g/mol. The predicted molar refractivity (Wildman–Crippen MR) is 69.5 cm³/mol. The Kier molecular flexibility index (Phi) is 2.57. The Labute approximate surface area is 111 Å². The summed E-state index contributed by atoms with van der Waals surface area (Å²) in [5, 5.41) is 11.4. The van der Waals surface area contributed by atoms with Gasteiger partial charge in [-0.25, -0.2) is 9.78 Å². The first-order valence-electron chi connectivity index (χ1n) is 5.05. The van der Waals surface area contributed by atoms with Gasteiger partial charge >= 0.3 is 0 Å². The van der Waals surface area contributed by atoms with E-state index in [1.165, 1.54) is 10.9 Å². The van der Waals surface area contributed by atoms with E-state index in [1.54, 1.807) is 18.2 Å². The fourth-order valence-corrected chi connectivity index (χ4v) is 2.17. The molecule has 2 aromatic heterocycles. The largest absolute Gasteiger partial charge is 0.292 e. The molecule has 90 valence electrons. The van der Waals surface area contributed by atoms with E-state index in [4.69, 9.17) is 23.2 Å². The topological polar surface area (TPSA) is 63.6 Å². The van der Waals surface area contributed by atoms with Gasteiger partial charge in [0.25, 0.3) is 5.56 Å². The summed E-state index contributed by atoms with van der Waals surface area (Å²) in [4.78, 5) is 11.6. The Morgan fingerprint density at radius 1 is 1.22 bits per heavy atom. The molecule has 5 nitrogen and oxygen atoms in total. The van der Waals surface area contributed by atoms with Crippen molar-refractivity contribution in [2.45, 2.75) is 0 Å². The number of nitrogens with zero attached hydrogens (tertiary/aromatic N) is 3. The average molecular weight is 281 g/mol. The zero-order chi connectivity index (χ0) is 12.7. The fraction of sp³-hybridized carbons (Fsp3) is 0. The Balaban J connectivity index is 2.38. The van der Waals surface area contributed by atoms with Crippen LogP contribution in [-0.4, -0.2) is 20.0 Å². The van der Waals surface area contributed by atoms with Crippen LogP contribution in [0.1, 0.15) is 0 Å². The van der Waals surface area contributed by atoms with E-state index in [2.05, 4.69) is 15.3 Å². The highest BCUT2D eigenvalue weighted by Gasteiger charge is 2.14. The average Bonchev–Trinajstić information content (AvgIpc) is 2.70. The van der Waals surface area contributed by atoms with Crippen LogP contribution in [0, 0.1) is 0 Å². The maximum absolute atomic E-state index is 11.6. The standard InChI is InChI=1S/C11H6Cl2N4O/c12-7-3-1-2-4-8(7)17-10(13)6-5-14-15-11(18)9(6)16-17/h1-5H,(H,15,18). The van der Waals surface area contributed by atoms with E-state index < -0.39 is 0 Å². The van der Waals surface area contributed by atoms with Crippen molar-refractivity contribution in [3.05, 3.63) is 51.0 Å². The van der Waals surface area contributed by atoms with E-state index in [1.807, 2.05) is 6.07 Å². The van der Waals surface area contributed by atoms with Gasteiger partial charge in [0, 0.05) is 0 Å². The molecule has 0 atom stereocenters. The van der Waals surface area contributed by atoms with Crippen LogP contribution < -0.4 is 5.56 Å². The van der Waals surface area contributed by atoms with Crippen LogP contribution in [0.5, 0.6) is 0 Å². The third-order valence-corrected chi connectivity index (χ3v) is 3.20. The predicted octanol–water partition coefficient (Wildman–Crippen LogP) is 2.42. The number of fused-ring (bicyclic) bond motifs is 1. The second-order valence-corrected chi connectivity index (χ2v) is 4.38. The Bertz CT molecular complexity index is 793. The quantitative estimate of drug-likeness (QED) is 0.745. The van der Waals surface area contributed by atoms with Crippen molar-refractivity contribution in [1.82, 2.24) is 20.0 Å². The van der Waals surface area contributed by atoms with Crippen LogP contribution >= 0.6 is 23.2 Å². The monoisotopic (exact) mass is 280 g/mol. The third kappa shape index (κ3) is 1.60. The Morgan fingerprint density at radius 3 is 2.72 bits per heavy atom. The first-order valence-corrected chi connectivity index (χ1v) is 5.81. The fourth-order valence-electron chi connectivity index (χ4n) is 1.68. The van der Waals surface area contributed by atoms with E-state index in [-0.39, 0.29) is 11.1 Å². The first-order chi connectivity index (χ1) is 8.68. The number of aromatic amines is 1. The van der Waals surface area contributed by atoms with Crippen molar-refractivity contribution in [3.8, 4) is 5.69 Å². The molecule has 0 bridgehead atoms. The molecule has 0 unspecified atom stereocenters. The number of rotatable bonds is 1. The summed E-state index contributed by atoms with van der Waals surface area (Å²) in [6, 6.07) is 7.10. The normalized spacial score (nSPS) is 11.0. The van der Waals surface area contributed by atoms with Gasteiger partial charge < -0.3 is 0 Å². The molecule has 1 N–H and O–H groups in total. The van der Waals surface area contributed by atoms with Crippen molar-refractivity contribution in [2.24, 2.45) is 0 Å². The molecule has 7 heteroatoms. The van der Waals surface area contributed by atoms with Gasteiger partial charge in [0.2, 0.25) is 0 Å². The highest BCUT2D eigenvalue weighted by atomic mass is 35.5. The minimum atomic E-state index is -0.389. The lowest BCUT2D eigenvalue weighted by Crippen LogP contribution is -2.07. The number of H-pyrrole nitrogens is 1. The van der Waals surface area contributed by atoms with E-state index in [0.717, 1.165) is 0 Å². The van der Waals surface area contributed by atoms with E-state index in [0.29, 0.717) is 21.2 Å². The summed E-state index contributed by atoms with van der Waals surface area (Å²) in [6.07, 6.45) is 1.46. The van der Waals surface area contributed by atoms with Crippen molar-refractivity contribution in [3.63, 3.8) is 0 Å². The third-order valence-electron chi connectivity index (χ3n) is 2.52. The zero-order valence-corrected chi connectivity index (χ0v) is 10.4. The molecule has 0 saturated heterocycles. The van der Waals surface area contributed by atoms with Crippen LogP contribution in [0.15, 0.2) is 35.3 Å². The number of aromatic nitrogens is 4. The number of hydrogen-bond donors (Lipinski definition) is 1. The van der Waals surface area contributed by atoms with Gasteiger partial charge in [0.05, 0.1) is 22.3 Å². The van der Waals surface area contributed by atoms with E-state index in [9.17, 15) is 4.79 Å². The molecule has 0 saturated carbocycles. The minimum Gasteiger partial charge on any atom is -0.265 e. The summed E-state index contributed by atoms with van der Waals surface area (Å²) >= 11 is 12.3. The number of hydrogen-bond acceptors (Lipinski definition) is 3. The Morgan fingerprint density at radius 2 is 2.00 bits per heavy atom.